The van der Waals surface area contributed by atoms with Crippen LogP contribution in [0.25, 0.3) is 0 Å². The molecule has 1 fully saturated rings. The summed E-state index contributed by atoms with van der Waals surface area (Å²) in [5, 5.41) is 12.2. The minimum Gasteiger partial charge on any atom is -0.497 e. The maximum Gasteiger partial charge on any atom is 0.112 e. The van der Waals surface area contributed by atoms with Crippen molar-refractivity contribution in [2.45, 2.75) is 83.3 Å². The maximum absolute atomic E-state index is 9.01. The lowest BCUT2D eigenvalue weighted by molar-refractivity contribution is 0.154. The minimum absolute atomic E-state index is 0. The molecule has 3 nitrogen and oxygen atoms in total. The lowest BCUT2D eigenvalue weighted by Gasteiger charge is -2.08. The van der Waals surface area contributed by atoms with Crippen LogP contribution in [0.15, 0.2) is 12.3 Å². The van der Waals surface area contributed by atoms with Gasteiger partial charge in [-0.15, -0.1) is 12.4 Å². The number of aliphatic hydroxyl groups is 1. The summed E-state index contributed by atoms with van der Waals surface area (Å²) in [6.45, 7) is 3.33. The van der Waals surface area contributed by atoms with Gasteiger partial charge in [0.2, 0.25) is 0 Å². The molecule has 4 heteroatoms. The third-order valence-electron chi connectivity index (χ3n) is 3.99. The zero-order chi connectivity index (χ0) is 14.5. The van der Waals surface area contributed by atoms with Gasteiger partial charge in [0.05, 0.1) is 12.9 Å². The average molecular weight is 320 g/mol. The molecule has 0 saturated carbocycles. The largest absolute Gasteiger partial charge is 0.497 e. The Kier molecular flexibility index (Phi) is 14.5. The predicted octanol–water partition coefficient (Wildman–Crippen LogP) is 4.19. The van der Waals surface area contributed by atoms with Gasteiger partial charge in [-0.05, 0) is 18.9 Å². The zero-order valence-corrected chi connectivity index (χ0v) is 14.4. The molecule has 0 spiro atoms. The molecule has 1 rings (SSSR count). The van der Waals surface area contributed by atoms with Crippen LogP contribution in [0, 0.1) is 0 Å². The van der Waals surface area contributed by atoms with Crippen molar-refractivity contribution in [3.8, 4) is 0 Å². The third-order valence-corrected chi connectivity index (χ3v) is 3.99. The van der Waals surface area contributed by atoms with E-state index in [0.717, 1.165) is 19.4 Å². The summed E-state index contributed by atoms with van der Waals surface area (Å²) in [4.78, 5) is 0. The van der Waals surface area contributed by atoms with E-state index in [2.05, 4.69) is 18.3 Å². The Morgan fingerprint density at radius 3 is 2.38 bits per heavy atom. The molecule has 1 aliphatic heterocycles. The van der Waals surface area contributed by atoms with Crippen LogP contribution in [0.4, 0.5) is 0 Å². The van der Waals surface area contributed by atoms with Crippen molar-refractivity contribution in [2.24, 2.45) is 0 Å². The second kappa shape index (κ2) is 14.7. The summed E-state index contributed by atoms with van der Waals surface area (Å²) in [6, 6.07) is 0.223. The summed E-state index contributed by atoms with van der Waals surface area (Å²) in [7, 11) is 0. The molecular weight excluding hydrogens is 286 g/mol. The predicted molar refractivity (Wildman–Crippen MR) is 92.0 cm³/mol. The van der Waals surface area contributed by atoms with Crippen molar-refractivity contribution >= 4 is 12.4 Å². The number of hydrogen-bond donors (Lipinski definition) is 2. The Bertz CT molecular complexity index is 249. The van der Waals surface area contributed by atoms with Crippen LogP contribution < -0.4 is 5.32 Å². The Morgan fingerprint density at radius 1 is 1.10 bits per heavy atom. The summed E-state index contributed by atoms with van der Waals surface area (Å²) < 4.78 is 5.65. The van der Waals surface area contributed by atoms with E-state index < -0.39 is 0 Å². The molecule has 0 aromatic rings. The van der Waals surface area contributed by atoms with Crippen LogP contribution in [0.1, 0.15) is 71.1 Å². The monoisotopic (exact) mass is 319 g/mol. The highest BCUT2D eigenvalue weighted by atomic mass is 35.5. The van der Waals surface area contributed by atoms with E-state index in [-0.39, 0.29) is 31.2 Å². The van der Waals surface area contributed by atoms with Gasteiger partial charge in [-0.1, -0.05) is 51.9 Å². The fraction of sp³-hybridized carbons (Fsp3) is 0.882. The first kappa shape index (κ1) is 20.8. The van der Waals surface area contributed by atoms with Gasteiger partial charge in [-0.3, -0.25) is 0 Å². The van der Waals surface area contributed by atoms with Crippen LogP contribution >= 0.6 is 12.4 Å². The summed E-state index contributed by atoms with van der Waals surface area (Å²) in [5.41, 5.74) is 0. The van der Waals surface area contributed by atoms with Crippen molar-refractivity contribution in [3.05, 3.63) is 12.3 Å². The number of allylic oxidation sites excluding steroid dienone is 1. The van der Waals surface area contributed by atoms with Crippen LogP contribution in [0.5, 0.6) is 0 Å². The van der Waals surface area contributed by atoms with E-state index >= 15 is 0 Å². The number of nitrogens with one attached hydrogen (secondary N) is 1. The topological polar surface area (TPSA) is 41.5 Å². The fourth-order valence-electron chi connectivity index (χ4n) is 2.66. The quantitative estimate of drug-likeness (QED) is 0.418. The van der Waals surface area contributed by atoms with Crippen molar-refractivity contribution in [1.82, 2.24) is 5.32 Å². The van der Waals surface area contributed by atoms with Crippen LogP contribution in [-0.2, 0) is 4.74 Å². The Morgan fingerprint density at radius 2 is 1.76 bits per heavy atom. The van der Waals surface area contributed by atoms with Crippen molar-refractivity contribution in [3.63, 3.8) is 0 Å². The van der Waals surface area contributed by atoms with E-state index in [9.17, 15) is 0 Å². The molecule has 0 aliphatic carbocycles. The van der Waals surface area contributed by atoms with Gasteiger partial charge in [-0.2, -0.15) is 0 Å². The summed E-state index contributed by atoms with van der Waals surface area (Å²) in [5.74, 6) is 0. The van der Waals surface area contributed by atoms with Crippen LogP contribution in [0.3, 0.4) is 0 Å². The van der Waals surface area contributed by atoms with Crippen LogP contribution in [0.2, 0.25) is 0 Å². The molecule has 0 unspecified atom stereocenters. The molecular formula is C17H34ClNO2. The average Bonchev–Trinajstić information content (AvgIpc) is 2.93. The highest BCUT2D eigenvalue weighted by Crippen LogP contribution is 2.12. The second-order valence-corrected chi connectivity index (χ2v) is 5.92. The number of hydrogen-bond acceptors (Lipinski definition) is 3. The molecule has 1 aliphatic rings. The Balaban J connectivity index is 0.00000400. The van der Waals surface area contributed by atoms with Gasteiger partial charge in [0.1, 0.15) is 6.10 Å². The summed E-state index contributed by atoms with van der Waals surface area (Å²) >= 11 is 0. The van der Waals surface area contributed by atoms with Crippen molar-refractivity contribution < 1.29 is 9.84 Å². The molecule has 21 heavy (non-hydrogen) atoms. The molecule has 2 N–H and O–H groups in total. The van der Waals surface area contributed by atoms with Gasteiger partial charge >= 0.3 is 0 Å². The first-order chi connectivity index (χ1) is 9.86. The number of halogens is 1. The maximum atomic E-state index is 9.01. The molecule has 126 valence electrons. The highest BCUT2D eigenvalue weighted by molar-refractivity contribution is 5.85. The van der Waals surface area contributed by atoms with E-state index in [0.29, 0.717) is 0 Å². The molecule has 1 heterocycles. The lowest BCUT2D eigenvalue weighted by Crippen LogP contribution is -2.24. The number of rotatable bonds is 12. The molecule has 0 aromatic heterocycles. The first-order valence-corrected chi connectivity index (χ1v) is 8.51. The standard InChI is InChI=1S/C17H33NO2.ClH/c1-2-3-4-5-6-7-8-9-10-11-12-20-17-13-16(15-19)18-14-17;/h11-12,16-19H,2-10,13-15H2,1H3;1H/b12-11+;/t16-,17+;/m1./s1. The van der Waals surface area contributed by atoms with Crippen molar-refractivity contribution in [2.75, 3.05) is 13.2 Å². The number of unbranched alkanes of at least 4 members (excludes halogenated alkanes) is 8. The van der Waals surface area contributed by atoms with E-state index in [1.807, 2.05) is 6.26 Å². The van der Waals surface area contributed by atoms with Gasteiger partial charge < -0.3 is 15.2 Å². The molecule has 0 aromatic carbocycles. The Labute approximate surface area is 136 Å². The molecule has 2 atom stereocenters. The molecule has 1 saturated heterocycles. The van der Waals surface area contributed by atoms with Gasteiger partial charge in [0.25, 0.3) is 0 Å². The second-order valence-electron chi connectivity index (χ2n) is 5.92. The first-order valence-electron chi connectivity index (χ1n) is 8.51. The normalized spacial score (nSPS) is 21.6. The number of ether oxygens (including phenoxy) is 1. The van der Waals surface area contributed by atoms with Crippen molar-refractivity contribution in [1.29, 1.82) is 0 Å². The smallest absolute Gasteiger partial charge is 0.112 e. The van der Waals surface area contributed by atoms with E-state index in [1.54, 1.807) is 0 Å². The van der Waals surface area contributed by atoms with Gasteiger partial charge in [0, 0.05) is 19.0 Å². The number of aliphatic hydroxyl groups excluding tert-OH is 1. The SMILES string of the molecule is CCCCCCCCCC/C=C/O[C@@H]1CN[C@@H](CO)C1.Cl. The fourth-order valence-corrected chi connectivity index (χ4v) is 2.66. The third kappa shape index (κ3) is 11.0. The zero-order valence-electron chi connectivity index (χ0n) is 13.6. The van der Waals surface area contributed by atoms with E-state index in [4.69, 9.17) is 9.84 Å². The van der Waals surface area contributed by atoms with Gasteiger partial charge in [-0.25, -0.2) is 0 Å². The molecule has 0 amide bonds. The Hall–Kier alpha value is -0.250. The van der Waals surface area contributed by atoms with Crippen LogP contribution in [-0.4, -0.2) is 30.4 Å². The lowest BCUT2D eigenvalue weighted by atomic mass is 10.1. The van der Waals surface area contributed by atoms with E-state index in [1.165, 1.54) is 51.4 Å². The minimum atomic E-state index is 0. The molecule has 0 radical (unpaired) electrons. The van der Waals surface area contributed by atoms with Gasteiger partial charge in [0.15, 0.2) is 0 Å². The summed E-state index contributed by atoms with van der Waals surface area (Å²) in [6.07, 6.45) is 17.2. The highest BCUT2D eigenvalue weighted by Gasteiger charge is 2.23. The molecule has 0 bridgehead atoms.